The van der Waals surface area contributed by atoms with E-state index >= 15 is 0 Å². The van der Waals surface area contributed by atoms with Crippen LogP contribution in [0.25, 0.3) is 0 Å². The van der Waals surface area contributed by atoms with Crippen molar-refractivity contribution in [1.29, 1.82) is 0 Å². The van der Waals surface area contributed by atoms with Crippen molar-refractivity contribution in [3.63, 3.8) is 0 Å². The molecule has 0 heterocycles. The van der Waals surface area contributed by atoms with Crippen molar-refractivity contribution < 1.29 is 4.39 Å². The first-order chi connectivity index (χ1) is 9.63. The van der Waals surface area contributed by atoms with Crippen molar-refractivity contribution in [2.45, 2.75) is 24.8 Å². The van der Waals surface area contributed by atoms with Crippen LogP contribution in [0.5, 0.6) is 0 Å². The van der Waals surface area contributed by atoms with Gasteiger partial charge in [0.1, 0.15) is 5.82 Å². The summed E-state index contributed by atoms with van der Waals surface area (Å²) in [6.45, 7) is 0. The highest BCUT2D eigenvalue weighted by Gasteiger charge is 2.30. The molecule has 4 heteroatoms. The minimum absolute atomic E-state index is 0.167. The summed E-state index contributed by atoms with van der Waals surface area (Å²) >= 11 is 7.13. The van der Waals surface area contributed by atoms with E-state index in [9.17, 15) is 4.39 Å². The van der Waals surface area contributed by atoms with E-state index in [1.165, 1.54) is 5.56 Å². The van der Waals surface area contributed by atoms with Crippen molar-refractivity contribution in [2.75, 3.05) is 5.32 Å². The molecule has 0 aliphatic heterocycles. The van der Waals surface area contributed by atoms with E-state index in [-0.39, 0.29) is 5.82 Å². The fourth-order valence-electron chi connectivity index (χ4n) is 2.58. The molecule has 0 saturated heterocycles. The molecule has 20 heavy (non-hydrogen) atoms. The average molecular weight is 399 g/mol. The van der Waals surface area contributed by atoms with Gasteiger partial charge < -0.3 is 5.32 Å². The van der Waals surface area contributed by atoms with Crippen LogP contribution in [0, 0.1) is 5.82 Å². The first-order valence-electron chi connectivity index (χ1n) is 6.59. The fraction of sp³-hybridized carbons (Fsp3) is 0.250. The topological polar surface area (TPSA) is 12.0 Å². The second-order valence-corrected chi connectivity index (χ2v) is 6.87. The van der Waals surface area contributed by atoms with Crippen molar-refractivity contribution in [3.05, 3.63) is 62.8 Å². The summed E-state index contributed by atoms with van der Waals surface area (Å²) in [5.74, 6) is 0.370. The minimum Gasteiger partial charge on any atom is -0.380 e. The smallest absolute Gasteiger partial charge is 0.123 e. The summed E-state index contributed by atoms with van der Waals surface area (Å²) in [5, 5.41) is 3.56. The van der Waals surface area contributed by atoms with Gasteiger partial charge >= 0.3 is 0 Å². The van der Waals surface area contributed by atoms with Crippen molar-refractivity contribution in [3.8, 4) is 0 Å². The number of para-hydroxylation sites is 1. The van der Waals surface area contributed by atoms with Gasteiger partial charge in [-0.25, -0.2) is 4.39 Å². The summed E-state index contributed by atoms with van der Waals surface area (Å²) in [6.07, 6.45) is 2.17. The quantitative estimate of drug-likeness (QED) is 0.698. The lowest BCUT2D eigenvalue weighted by atomic mass is 9.76. The predicted molar refractivity (Wildman–Crippen MR) is 87.6 cm³/mol. The lowest BCUT2D eigenvalue weighted by Gasteiger charge is -2.37. The molecule has 1 nitrogen and oxygen atoms in total. The molecule has 1 fully saturated rings. The monoisotopic (exact) mass is 397 g/mol. The number of benzene rings is 2. The number of hydrogen-bond acceptors (Lipinski definition) is 1. The number of rotatable bonds is 3. The summed E-state index contributed by atoms with van der Waals surface area (Å²) in [5.41, 5.74) is 2.34. The van der Waals surface area contributed by atoms with Crippen LogP contribution in [0.4, 0.5) is 10.1 Å². The summed E-state index contributed by atoms with van der Waals surface area (Å²) in [7, 11) is 0. The molecule has 0 atom stereocenters. The molecule has 1 N–H and O–H groups in total. The van der Waals surface area contributed by atoms with E-state index in [0.29, 0.717) is 12.0 Å². The standard InChI is InChI=1S/C16H14Br2FN/c17-14-2-1-3-15(18)16(14)20-13-8-11(9-13)10-4-6-12(19)7-5-10/h1-7,11,13,20H,8-9H2. The average Bonchev–Trinajstić information content (AvgIpc) is 2.38. The van der Waals surface area contributed by atoms with Gasteiger partial charge in [-0.3, -0.25) is 0 Å². The molecule has 0 radical (unpaired) electrons. The first-order valence-corrected chi connectivity index (χ1v) is 8.18. The lowest BCUT2D eigenvalue weighted by molar-refractivity contribution is 0.373. The van der Waals surface area contributed by atoms with Crippen molar-refractivity contribution in [1.82, 2.24) is 0 Å². The van der Waals surface area contributed by atoms with E-state index < -0.39 is 0 Å². The van der Waals surface area contributed by atoms with Gasteiger partial charge in [-0.1, -0.05) is 18.2 Å². The first kappa shape index (κ1) is 14.1. The van der Waals surface area contributed by atoms with E-state index in [1.54, 1.807) is 12.1 Å². The number of halogens is 3. The summed E-state index contributed by atoms with van der Waals surface area (Å²) < 4.78 is 15.0. The van der Waals surface area contributed by atoms with Gasteiger partial charge in [-0.2, -0.15) is 0 Å². The molecule has 0 aromatic heterocycles. The summed E-state index contributed by atoms with van der Waals surface area (Å²) in [4.78, 5) is 0. The maximum atomic E-state index is 12.9. The number of anilines is 1. The zero-order valence-corrected chi connectivity index (χ0v) is 13.9. The number of hydrogen-bond donors (Lipinski definition) is 1. The van der Waals surface area contributed by atoms with Crippen LogP contribution in [0.2, 0.25) is 0 Å². The molecular weight excluding hydrogens is 385 g/mol. The van der Waals surface area contributed by atoms with Gasteiger partial charge in [0.05, 0.1) is 5.69 Å². The third kappa shape index (κ3) is 2.91. The SMILES string of the molecule is Fc1ccc(C2CC(Nc3c(Br)cccc3Br)C2)cc1. The molecule has 3 rings (SSSR count). The second kappa shape index (κ2) is 5.86. The molecule has 0 amide bonds. The normalized spacial score (nSPS) is 21.4. The Labute approximate surface area is 134 Å². The van der Waals surface area contributed by atoms with Crippen LogP contribution < -0.4 is 5.32 Å². The molecule has 1 saturated carbocycles. The molecule has 2 aromatic rings. The Morgan fingerprint density at radius 3 is 2.15 bits per heavy atom. The number of nitrogens with one attached hydrogen (secondary N) is 1. The van der Waals surface area contributed by atoms with E-state index in [4.69, 9.17) is 0 Å². The van der Waals surface area contributed by atoms with Crippen LogP contribution in [0.1, 0.15) is 24.3 Å². The Hall–Kier alpha value is -0.870. The highest BCUT2D eigenvalue weighted by Crippen LogP contribution is 2.41. The van der Waals surface area contributed by atoms with E-state index in [0.717, 1.165) is 27.5 Å². The molecule has 0 spiro atoms. The van der Waals surface area contributed by atoms with Gasteiger partial charge in [0.15, 0.2) is 0 Å². The van der Waals surface area contributed by atoms with Crippen molar-refractivity contribution in [2.24, 2.45) is 0 Å². The highest BCUT2D eigenvalue weighted by molar-refractivity contribution is 9.11. The molecule has 1 aliphatic rings. The molecule has 0 bridgehead atoms. The lowest BCUT2D eigenvalue weighted by Crippen LogP contribution is -2.34. The third-order valence-corrected chi connectivity index (χ3v) is 5.11. The Morgan fingerprint density at radius 2 is 1.55 bits per heavy atom. The van der Waals surface area contributed by atoms with Crippen LogP contribution in [0.15, 0.2) is 51.4 Å². The largest absolute Gasteiger partial charge is 0.380 e. The molecule has 2 aromatic carbocycles. The maximum Gasteiger partial charge on any atom is 0.123 e. The Kier molecular flexibility index (Phi) is 4.13. The molecule has 1 aliphatic carbocycles. The van der Waals surface area contributed by atoms with Gasteiger partial charge in [0.25, 0.3) is 0 Å². The van der Waals surface area contributed by atoms with Gasteiger partial charge in [-0.05, 0) is 80.4 Å². The maximum absolute atomic E-state index is 12.9. The minimum atomic E-state index is -0.167. The Balaban J connectivity index is 1.62. The predicted octanol–water partition coefficient (Wildman–Crippen LogP) is 5.71. The van der Waals surface area contributed by atoms with Crippen LogP contribution in [-0.2, 0) is 0 Å². The Morgan fingerprint density at radius 1 is 0.950 bits per heavy atom. The highest BCUT2D eigenvalue weighted by atomic mass is 79.9. The van der Waals surface area contributed by atoms with Crippen LogP contribution in [-0.4, -0.2) is 6.04 Å². The van der Waals surface area contributed by atoms with Crippen molar-refractivity contribution >= 4 is 37.5 Å². The molecular formula is C16H14Br2FN. The third-order valence-electron chi connectivity index (χ3n) is 3.79. The molecule has 104 valence electrons. The fourth-order valence-corrected chi connectivity index (χ4v) is 3.81. The van der Waals surface area contributed by atoms with Gasteiger partial charge in [-0.15, -0.1) is 0 Å². The van der Waals surface area contributed by atoms with Gasteiger partial charge in [0.2, 0.25) is 0 Å². The Bertz CT molecular complexity index is 586. The van der Waals surface area contributed by atoms with E-state index in [1.807, 2.05) is 30.3 Å². The van der Waals surface area contributed by atoms with Gasteiger partial charge in [0, 0.05) is 15.0 Å². The van der Waals surface area contributed by atoms with E-state index in [2.05, 4.69) is 37.2 Å². The van der Waals surface area contributed by atoms with Crippen LogP contribution >= 0.6 is 31.9 Å². The zero-order valence-electron chi connectivity index (χ0n) is 10.7. The van der Waals surface area contributed by atoms with Crippen LogP contribution in [0.3, 0.4) is 0 Å². The second-order valence-electron chi connectivity index (χ2n) is 5.16. The summed E-state index contributed by atoms with van der Waals surface area (Å²) in [6, 6.07) is 13.4. The molecule has 0 unspecified atom stereocenters. The zero-order chi connectivity index (χ0) is 14.1.